The van der Waals surface area contributed by atoms with E-state index in [1.807, 2.05) is 30.3 Å². The van der Waals surface area contributed by atoms with E-state index in [2.05, 4.69) is 30.7 Å². The van der Waals surface area contributed by atoms with Crippen molar-refractivity contribution in [3.05, 3.63) is 66.6 Å². The van der Waals surface area contributed by atoms with Crippen LogP contribution in [0.3, 0.4) is 0 Å². The Morgan fingerprint density at radius 1 is 0.833 bits per heavy atom. The highest BCUT2D eigenvalue weighted by Crippen LogP contribution is 2.34. The van der Waals surface area contributed by atoms with Crippen molar-refractivity contribution in [1.29, 1.82) is 0 Å². The molecule has 0 bridgehead atoms. The van der Waals surface area contributed by atoms with Gasteiger partial charge in [-0.05, 0) is 61.4 Å². The fraction of sp³-hybridized carbons (Fsp3) is 0.235. The lowest BCUT2D eigenvalue weighted by molar-refractivity contribution is 0.482. The van der Waals surface area contributed by atoms with E-state index in [0.29, 0.717) is 0 Å². The zero-order valence-corrected chi connectivity index (χ0v) is 10.4. The molecular weight excluding hydrogens is 220 g/mol. The molecule has 1 heteroatoms. The Morgan fingerprint density at radius 3 is 2.22 bits per heavy atom. The van der Waals surface area contributed by atoms with E-state index in [9.17, 15) is 0 Å². The van der Waals surface area contributed by atoms with Gasteiger partial charge in [-0.3, -0.25) is 0 Å². The number of rotatable bonds is 3. The van der Waals surface area contributed by atoms with Crippen LogP contribution >= 0.6 is 0 Å². The third kappa shape index (κ3) is 2.56. The molecular formula is C17H17O. The predicted octanol–water partition coefficient (Wildman–Crippen LogP) is 4.95. The maximum Gasteiger partial charge on any atom is 0.127 e. The average molecular weight is 237 g/mol. The van der Waals surface area contributed by atoms with Crippen LogP contribution in [0.2, 0.25) is 0 Å². The Morgan fingerprint density at radius 2 is 1.56 bits per heavy atom. The van der Waals surface area contributed by atoms with E-state index in [-0.39, 0.29) is 0 Å². The second-order valence-corrected chi connectivity index (χ2v) is 4.78. The van der Waals surface area contributed by atoms with Gasteiger partial charge in [0.2, 0.25) is 0 Å². The molecule has 1 unspecified atom stereocenters. The molecule has 0 aliphatic heterocycles. The van der Waals surface area contributed by atoms with Crippen molar-refractivity contribution >= 4 is 0 Å². The van der Waals surface area contributed by atoms with Crippen LogP contribution in [0.4, 0.5) is 0 Å². The number of ether oxygens (including phenoxy) is 1. The molecule has 1 aliphatic carbocycles. The summed E-state index contributed by atoms with van der Waals surface area (Å²) in [5.74, 6) is 2.52. The Kier molecular flexibility index (Phi) is 3.31. The zero-order valence-electron chi connectivity index (χ0n) is 10.4. The van der Waals surface area contributed by atoms with Crippen LogP contribution in [0, 0.1) is 6.42 Å². The molecule has 0 saturated heterocycles. The third-order valence-electron chi connectivity index (χ3n) is 3.50. The normalized spacial score (nSPS) is 15.8. The third-order valence-corrected chi connectivity index (χ3v) is 3.50. The first-order chi connectivity index (χ1) is 8.92. The Hall–Kier alpha value is -1.76. The number of benzene rings is 2. The van der Waals surface area contributed by atoms with Crippen molar-refractivity contribution < 1.29 is 4.74 Å². The SMILES string of the molecule is [CH]1CCC(c2ccc(Oc3ccccc3)cc2)C1. The Balaban J connectivity index is 1.71. The van der Waals surface area contributed by atoms with Crippen molar-refractivity contribution in [2.75, 3.05) is 0 Å². The molecule has 2 aromatic rings. The second kappa shape index (κ2) is 5.26. The van der Waals surface area contributed by atoms with Crippen LogP contribution in [0.15, 0.2) is 54.6 Å². The Bertz CT molecular complexity index is 481. The molecule has 0 heterocycles. The summed E-state index contributed by atoms with van der Waals surface area (Å²) in [6.45, 7) is 0. The zero-order chi connectivity index (χ0) is 12.2. The van der Waals surface area contributed by atoms with Crippen molar-refractivity contribution in [3.8, 4) is 11.5 Å². The van der Waals surface area contributed by atoms with E-state index in [1.165, 1.54) is 24.8 Å². The molecule has 0 spiro atoms. The lowest BCUT2D eigenvalue weighted by Crippen LogP contribution is -1.92. The first-order valence-corrected chi connectivity index (χ1v) is 6.56. The molecule has 3 rings (SSSR count). The molecule has 2 aromatic carbocycles. The van der Waals surface area contributed by atoms with Crippen LogP contribution < -0.4 is 4.74 Å². The topological polar surface area (TPSA) is 9.23 Å². The largest absolute Gasteiger partial charge is 0.457 e. The molecule has 1 fully saturated rings. The van der Waals surface area contributed by atoms with Gasteiger partial charge in [0, 0.05) is 0 Å². The summed E-state index contributed by atoms with van der Waals surface area (Å²) in [6, 6.07) is 18.4. The first-order valence-electron chi connectivity index (χ1n) is 6.56. The van der Waals surface area contributed by atoms with Crippen LogP contribution in [0.5, 0.6) is 11.5 Å². The van der Waals surface area contributed by atoms with Gasteiger partial charge in [-0.1, -0.05) is 30.3 Å². The van der Waals surface area contributed by atoms with Crippen LogP contribution in [-0.2, 0) is 0 Å². The summed E-state index contributed by atoms with van der Waals surface area (Å²) in [7, 11) is 0. The summed E-state index contributed by atoms with van der Waals surface area (Å²) in [6.07, 6.45) is 6.16. The van der Waals surface area contributed by atoms with Crippen molar-refractivity contribution in [1.82, 2.24) is 0 Å². The summed E-state index contributed by atoms with van der Waals surface area (Å²) >= 11 is 0. The average Bonchev–Trinajstić information content (AvgIpc) is 2.95. The second-order valence-electron chi connectivity index (χ2n) is 4.78. The molecule has 0 N–H and O–H groups in total. The monoisotopic (exact) mass is 237 g/mol. The van der Waals surface area contributed by atoms with Gasteiger partial charge < -0.3 is 4.74 Å². The molecule has 0 aromatic heterocycles. The standard InChI is InChI=1S/C17H17O/c1-2-8-16(9-3-1)18-17-12-10-15(11-13-17)14-6-4-5-7-14/h1-4,8-14H,5-7H2. The molecule has 1 radical (unpaired) electrons. The number of hydrogen-bond donors (Lipinski definition) is 0. The van der Waals surface area contributed by atoms with E-state index in [1.54, 1.807) is 0 Å². The minimum atomic E-state index is 0.718. The van der Waals surface area contributed by atoms with Crippen LogP contribution in [-0.4, -0.2) is 0 Å². The van der Waals surface area contributed by atoms with Crippen LogP contribution in [0.25, 0.3) is 0 Å². The van der Waals surface area contributed by atoms with E-state index in [0.717, 1.165) is 17.4 Å². The lowest BCUT2D eigenvalue weighted by Gasteiger charge is -2.10. The molecule has 1 aliphatic rings. The summed E-state index contributed by atoms with van der Waals surface area (Å²) in [5.41, 5.74) is 1.43. The van der Waals surface area contributed by atoms with Crippen molar-refractivity contribution in [2.24, 2.45) is 0 Å². The molecule has 0 amide bonds. The lowest BCUT2D eigenvalue weighted by atomic mass is 9.98. The molecule has 18 heavy (non-hydrogen) atoms. The summed E-state index contributed by atoms with van der Waals surface area (Å²) in [5, 5.41) is 0. The van der Waals surface area contributed by atoms with Gasteiger partial charge in [0.15, 0.2) is 0 Å². The maximum atomic E-state index is 5.79. The molecule has 91 valence electrons. The van der Waals surface area contributed by atoms with E-state index in [4.69, 9.17) is 4.74 Å². The van der Waals surface area contributed by atoms with Gasteiger partial charge in [0.05, 0.1) is 0 Å². The quantitative estimate of drug-likeness (QED) is 0.733. The van der Waals surface area contributed by atoms with Gasteiger partial charge >= 0.3 is 0 Å². The highest BCUT2D eigenvalue weighted by Gasteiger charge is 2.16. The molecule has 1 saturated carbocycles. The highest BCUT2D eigenvalue weighted by molar-refractivity contribution is 5.34. The smallest absolute Gasteiger partial charge is 0.127 e. The Labute approximate surface area is 108 Å². The number of hydrogen-bond acceptors (Lipinski definition) is 1. The minimum absolute atomic E-state index is 0.718. The maximum absolute atomic E-state index is 5.79. The van der Waals surface area contributed by atoms with Gasteiger partial charge in [0.25, 0.3) is 0 Å². The van der Waals surface area contributed by atoms with E-state index >= 15 is 0 Å². The van der Waals surface area contributed by atoms with Gasteiger partial charge in [-0.2, -0.15) is 0 Å². The summed E-state index contributed by atoms with van der Waals surface area (Å²) < 4.78 is 5.79. The number of para-hydroxylation sites is 1. The van der Waals surface area contributed by atoms with Gasteiger partial charge in [0.1, 0.15) is 11.5 Å². The van der Waals surface area contributed by atoms with Gasteiger partial charge in [-0.15, -0.1) is 0 Å². The fourth-order valence-electron chi connectivity index (χ4n) is 2.49. The first kappa shape index (κ1) is 11.3. The van der Waals surface area contributed by atoms with E-state index < -0.39 is 0 Å². The predicted molar refractivity (Wildman–Crippen MR) is 73.9 cm³/mol. The molecule has 1 atom stereocenters. The van der Waals surface area contributed by atoms with Crippen molar-refractivity contribution in [3.63, 3.8) is 0 Å². The highest BCUT2D eigenvalue weighted by atomic mass is 16.5. The van der Waals surface area contributed by atoms with Crippen molar-refractivity contribution in [2.45, 2.75) is 25.2 Å². The van der Waals surface area contributed by atoms with Gasteiger partial charge in [-0.25, -0.2) is 0 Å². The minimum Gasteiger partial charge on any atom is -0.457 e. The van der Waals surface area contributed by atoms with Crippen LogP contribution in [0.1, 0.15) is 30.7 Å². The fourth-order valence-corrected chi connectivity index (χ4v) is 2.49. The molecule has 1 nitrogen and oxygen atoms in total. The summed E-state index contributed by atoms with van der Waals surface area (Å²) in [4.78, 5) is 0.